The smallest absolute Gasteiger partial charge is 0.248 e. The highest BCUT2D eigenvalue weighted by Gasteiger charge is 2.17. The topological polar surface area (TPSA) is 51.5 Å². The first kappa shape index (κ1) is 23.7. The summed E-state index contributed by atoms with van der Waals surface area (Å²) in [6.45, 7) is 6.27. The van der Waals surface area contributed by atoms with Crippen LogP contribution in [0.25, 0.3) is 38.4 Å². The molecule has 4 aromatic carbocycles. The van der Waals surface area contributed by atoms with Gasteiger partial charge < -0.3 is 14.5 Å². The largest absolute Gasteiger partial charge is 0.493 e. The van der Waals surface area contributed by atoms with Crippen LogP contribution >= 0.6 is 11.6 Å². The quantitative estimate of drug-likeness (QED) is 0.240. The fraction of sp³-hybridized carbons (Fsp3) is 0.129. The number of furan rings is 1. The predicted molar refractivity (Wildman–Crippen MR) is 149 cm³/mol. The van der Waals surface area contributed by atoms with Crippen molar-refractivity contribution in [3.8, 4) is 16.9 Å². The van der Waals surface area contributed by atoms with Crippen molar-refractivity contribution in [2.24, 2.45) is 0 Å². The summed E-state index contributed by atoms with van der Waals surface area (Å²) in [4.78, 5) is 12.9. The molecule has 0 unspecified atom stereocenters. The molecule has 4 nitrogen and oxygen atoms in total. The van der Waals surface area contributed by atoms with E-state index >= 15 is 0 Å². The summed E-state index contributed by atoms with van der Waals surface area (Å²) in [6.07, 6.45) is 3.38. The molecule has 0 saturated heterocycles. The summed E-state index contributed by atoms with van der Waals surface area (Å²) in [7, 11) is 0. The first-order chi connectivity index (χ1) is 17.4. The maximum atomic E-state index is 12.9. The molecule has 0 bridgehead atoms. The maximum absolute atomic E-state index is 12.9. The minimum Gasteiger partial charge on any atom is -0.493 e. The lowest BCUT2D eigenvalue weighted by Crippen LogP contribution is -2.10. The lowest BCUT2D eigenvalue weighted by Gasteiger charge is -2.12. The number of carbonyl (C=O) groups is 1. The van der Waals surface area contributed by atoms with E-state index in [1.54, 1.807) is 24.5 Å². The highest BCUT2D eigenvalue weighted by molar-refractivity contribution is 6.31. The summed E-state index contributed by atoms with van der Waals surface area (Å²) in [5.41, 5.74) is 6.07. The molecule has 1 N–H and O–H groups in total. The van der Waals surface area contributed by atoms with Gasteiger partial charge in [-0.25, -0.2) is 0 Å². The van der Waals surface area contributed by atoms with Crippen LogP contribution in [0.3, 0.4) is 0 Å². The molecule has 0 radical (unpaired) electrons. The van der Waals surface area contributed by atoms with Gasteiger partial charge in [-0.05, 0) is 66.4 Å². The van der Waals surface area contributed by atoms with E-state index in [4.69, 9.17) is 20.8 Å². The summed E-state index contributed by atoms with van der Waals surface area (Å²) in [5, 5.41) is 6.79. The maximum Gasteiger partial charge on any atom is 0.248 e. The number of anilines is 1. The van der Waals surface area contributed by atoms with Crippen molar-refractivity contribution in [3.63, 3.8) is 0 Å². The number of carbonyl (C=O) groups excluding carboxylic acids is 1. The van der Waals surface area contributed by atoms with Crippen LogP contribution in [0, 0.1) is 6.92 Å². The standard InChI is InChI=1S/C31H26ClNO3/c1-4-35-29-17-30-26(27(18-36-30)24-11-7-9-21-8-5-6-10-23(21)24)16-25(29)20(3)14-31(34)33-28-15-22(32)13-12-19(28)2/h5-18H,4H2,1-3H3,(H,33,34)/b20-14+. The Balaban J connectivity index is 1.58. The van der Waals surface area contributed by atoms with E-state index in [1.807, 2.05) is 51.1 Å². The molecular formula is C31H26ClNO3. The molecule has 36 heavy (non-hydrogen) atoms. The number of hydrogen-bond donors (Lipinski definition) is 1. The second-order valence-corrected chi connectivity index (χ2v) is 9.17. The van der Waals surface area contributed by atoms with Gasteiger partial charge in [0, 0.05) is 39.4 Å². The number of amides is 1. The van der Waals surface area contributed by atoms with Crippen LogP contribution in [0.1, 0.15) is 25.0 Å². The van der Waals surface area contributed by atoms with Crippen LogP contribution in [-0.4, -0.2) is 12.5 Å². The average Bonchev–Trinajstić information content (AvgIpc) is 3.28. The van der Waals surface area contributed by atoms with E-state index in [0.29, 0.717) is 23.1 Å². The van der Waals surface area contributed by atoms with Crippen molar-refractivity contribution in [1.82, 2.24) is 0 Å². The number of allylic oxidation sites excluding steroid dienone is 1. The number of fused-ring (bicyclic) bond motifs is 2. The van der Waals surface area contributed by atoms with Gasteiger partial charge in [-0.1, -0.05) is 60.1 Å². The Morgan fingerprint density at radius 1 is 1.00 bits per heavy atom. The third-order valence-electron chi connectivity index (χ3n) is 6.29. The molecule has 0 atom stereocenters. The van der Waals surface area contributed by atoms with E-state index in [0.717, 1.165) is 44.2 Å². The van der Waals surface area contributed by atoms with Crippen LogP contribution in [0.5, 0.6) is 5.75 Å². The number of benzene rings is 4. The van der Waals surface area contributed by atoms with Crippen molar-refractivity contribution in [2.45, 2.75) is 20.8 Å². The molecular weight excluding hydrogens is 470 g/mol. The number of ether oxygens (including phenoxy) is 1. The van der Waals surface area contributed by atoms with Gasteiger partial charge in [0.1, 0.15) is 11.3 Å². The molecule has 180 valence electrons. The molecule has 0 saturated carbocycles. The zero-order valence-corrected chi connectivity index (χ0v) is 21.1. The van der Waals surface area contributed by atoms with Gasteiger partial charge in [-0.15, -0.1) is 0 Å². The first-order valence-corrected chi connectivity index (χ1v) is 12.2. The Labute approximate surface area is 215 Å². The summed E-state index contributed by atoms with van der Waals surface area (Å²) < 4.78 is 11.9. The molecule has 1 aromatic heterocycles. The van der Waals surface area contributed by atoms with Gasteiger partial charge in [0.25, 0.3) is 0 Å². The molecule has 0 aliphatic carbocycles. The summed E-state index contributed by atoms with van der Waals surface area (Å²) in [6, 6.07) is 23.9. The summed E-state index contributed by atoms with van der Waals surface area (Å²) in [5.74, 6) is 0.436. The van der Waals surface area contributed by atoms with Crippen LogP contribution in [0.15, 0.2) is 89.6 Å². The van der Waals surface area contributed by atoms with Crippen molar-refractivity contribution in [2.75, 3.05) is 11.9 Å². The second-order valence-electron chi connectivity index (χ2n) is 8.73. The first-order valence-electron chi connectivity index (χ1n) is 11.9. The van der Waals surface area contributed by atoms with E-state index in [9.17, 15) is 4.79 Å². The number of nitrogens with one attached hydrogen (secondary N) is 1. The Hall–Kier alpha value is -4.02. The second kappa shape index (κ2) is 9.92. The van der Waals surface area contributed by atoms with E-state index in [2.05, 4.69) is 35.6 Å². The van der Waals surface area contributed by atoms with Crippen molar-refractivity contribution in [3.05, 3.63) is 101 Å². The highest BCUT2D eigenvalue weighted by atomic mass is 35.5. The summed E-state index contributed by atoms with van der Waals surface area (Å²) >= 11 is 6.11. The van der Waals surface area contributed by atoms with E-state index in [1.165, 1.54) is 5.39 Å². The average molecular weight is 496 g/mol. The fourth-order valence-electron chi connectivity index (χ4n) is 4.48. The normalized spacial score (nSPS) is 11.7. The third-order valence-corrected chi connectivity index (χ3v) is 6.52. The van der Waals surface area contributed by atoms with E-state index < -0.39 is 0 Å². The zero-order chi connectivity index (χ0) is 25.2. The monoisotopic (exact) mass is 495 g/mol. The number of hydrogen-bond acceptors (Lipinski definition) is 3. The molecule has 0 aliphatic heterocycles. The molecule has 5 rings (SSSR count). The fourth-order valence-corrected chi connectivity index (χ4v) is 4.65. The van der Waals surface area contributed by atoms with Crippen molar-refractivity contribution in [1.29, 1.82) is 0 Å². The lowest BCUT2D eigenvalue weighted by atomic mass is 9.96. The third kappa shape index (κ3) is 4.60. The van der Waals surface area contributed by atoms with Gasteiger partial charge in [0.05, 0.1) is 12.9 Å². The van der Waals surface area contributed by atoms with Gasteiger partial charge in [-0.2, -0.15) is 0 Å². The lowest BCUT2D eigenvalue weighted by molar-refractivity contribution is -0.111. The minimum atomic E-state index is -0.234. The Morgan fingerprint density at radius 3 is 2.64 bits per heavy atom. The number of rotatable bonds is 6. The molecule has 1 amide bonds. The van der Waals surface area contributed by atoms with Crippen molar-refractivity contribution < 1.29 is 13.9 Å². The molecule has 0 aliphatic rings. The van der Waals surface area contributed by atoms with Gasteiger partial charge in [0.2, 0.25) is 5.91 Å². The molecule has 5 heteroatoms. The minimum absolute atomic E-state index is 0.234. The number of aryl methyl sites for hydroxylation is 1. The van der Waals surface area contributed by atoms with Gasteiger partial charge in [-0.3, -0.25) is 4.79 Å². The van der Waals surface area contributed by atoms with Crippen LogP contribution in [-0.2, 0) is 4.79 Å². The SMILES string of the molecule is CCOc1cc2occ(-c3cccc4ccccc34)c2cc1/C(C)=C/C(=O)Nc1cc(Cl)ccc1C. The van der Waals surface area contributed by atoms with Crippen LogP contribution < -0.4 is 10.1 Å². The van der Waals surface area contributed by atoms with Gasteiger partial charge >= 0.3 is 0 Å². The molecule has 1 heterocycles. The van der Waals surface area contributed by atoms with E-state index in [-0.39, 0.29) is 5.91 Å². The van der Waals surface area contributed by atoms with Crippen molar-refractivity contribution >= 4 is 50.5 Å². The number of halogens is 1. The Bertz CT molecular complexity index is 1630. The molecule has 5 aromatic rings. The molecule has 0 fully saturated rings. The Morgan fingerprint density at radius 2 is 1.81 bits per heavy atom. The zero-order valence-electron chi connectivity index (χ0n) is 20.4. The molecule has 0 spiro atoms. The predicted octanol–water partition coefficient (Wildman–Crippen LogP) is 8.66. The van der Waals surface area contributed by atoms with Crippen LogP contribution in [0.2, 0.25) is 5.02 Å². The van der Waals surface area contributed by atoms with Gasteiger partial charge in [0.15, 0.2) is 0 Å². The Kier molecular flexibility index (Phi) is 6.53. The highest BCUT2D eigenvalue weighted by Crippen LogP contribution is 2.39. The van der Waals surface area contributed by atoms with Crippen LogP contribution in [0.4, 0.5) is 5.69 Å².